The second-order valence-electron chi connectivity index (χ2n) is 4.42. The van der Waals surface area contributed by atoms with E-state index in [1.54, 1.807) is 18.2 Å². The number of nitrogens with one attached hydrogen (secondary N) is 1. The van der Waals surface area contributed by atoms with Gasteiger partial charge in [-0.15, -0.1) is 0 Å². The van der Waals surface area contributed by atoms with Crippen LogP contribution in [0.25, 0.3) is 0 Å². The summed E-state index contributed by atoms with van der Waals surface area (Å²) in [5.41, 5.74) is 6.22. The smallest absolute Gasteiger partial charge is 0.257 e. The van der Waals surface area contributed by atoms with Crippen LogP contribution in [-0.2, 0) is 4.79 Å². The summed E-state index contributed by atoms with van der Waals surface area (Å²) in [6.45, 7) is 2.69. The molecule has 5 heteroatoms. The van der Waals surface area contributed by atoms with Crippen molar-refractivity contribution < 1.29 is 14.6 Å². The number of nitrogen functional groups attached to an aromatic ring is 1. The summed E-state index contributed by atoms with van der Waals surface area (Å²) in [6.07, 6.45) is 1.62. The van der Waals surface area contributed by atoms with Gasteiger partial charge in [0.15, 0.2) is 6.61 Å². The molecule has 1 amide bonds. The number of amides is 1. The van der Waals surface area contributed by atoms with Crippen LogP contribution in [0.5, 0.6) is 5.75 Å². The Hall–Kier alpha value is -1.75. The number of aliphatic hydroxyl groups is 1. The van der Waals surface area contributed by atoms with Gasteiger partial charge in [0.25, 0.3) is 5.91 Å². The number of carbonyl (C=O) groups is 1. The van der Waals surface area contributed by atoms with Gasteiger partial charge in [-0.3, -0.25) is 4.79 Å². The van der Waals surface area contributed by atoms with Crippen LogP contribution < -0.4 is 15.8 Å². The second-order valence-corrected chi connectivity index (χ2v) is 4.42. The minimum atomic E-state index is -0.181. The van der Waals surface area contributed by atoms with Crippen LogP contribution in [0.4, 0.5) is 5.69 Å². The molecule has 0 radical (unpaired) electrons. The molecule has 0 saturated carbocycles. The predicted molar refractivity (Wildman–Crippen MR) is 74.8 cm³/mol. The topological polar surface area (TPSA) is 84.6 Å². The number of anilines is 1. The summed E-state index contributed by atoms with van der Waals surface area (Å²) in [5.74, 6) is 0.635. The molecule has 1 aromatic carbocycles. The van der Waals surface area contributed by atoms with Crippen molar-refractivity contribution in [3.05, 3.63) is 24.3 Å². The number of ether oxygens (including phenoxy) is 1. The number of hydrogen-bond donors (Lipinski definition) is 3. The molecular weight excluding hydrogens is 244 g/mol. The van der Waals surface area contributed by atoms with Crippen molar-refractivity contribution in [2.24, 2.45) is 5.92 Å². The average molecular weight is 266 g/mol. The van der Waals surface area contributed by atoms with Crippen molar-refractivity contribution in [3.63, 3.8) is 0 Å². The number of aliphatic hydroxyl groups excluding tert-OH is 1. The summed E-state index contributed by atoms with van der Waals surface area (Å²) in [7, 11) is 0. The SMILES string of the molecule is CCC(CCO)CNC(=O)COc1ccccc1N. The monoisotopic (exact) mass is 266 g/mol. The van der Waals surface area contributed by atoms with Gasteiger partial charge in [-0.05, 0) is 24.5 Å². The fourth-order valence-electron chi connectivity index (χ4n) is 1.70. The van der Waals surface area contributed by atoms with Crippen molar-refractivity contribution in [1.82, 2.24) is 5.32 Å². The van der Waals surface area contributed by atoms with E-state index in [0.717, 1.165) is 6.42 Å². The quantitative estimate of drug-likeness (QED) is 0.617. The normalized spacial score (nSPS) is 11.9. The highest BCUT2D eigenvalue weighted by atomic mass is 16.5. The molecule has 0 saturated heterocycles. The van der Waals surface area contributed by atoms with Gasteiger partial charge in [-0.25, -0.2) is 0 Å². The molecule has 0 fully saturated rings. The lowest BCUT2D eigenvalue weighted by Crippen LogP contribution is -2.33. The lowest BCUT2D eigenvalue weighted by molar-refractivity contribution is -0.123. The van der Waals surface area contributed by atoms with Crippen LogP contribution in [0.2, 0.25) is 0 Å². The Kier molecular flexibility index (Phi) is 6.74. The highest BCUT2D eigenvalue weighted by Gasteiger charge is 2.09. The molecule has 0 aliphatic heterocycles. The molecule has 1 aromatic rings. The highest BCUT2D eigenvalue weighted by molar-refractivity contribution is 5.77. The van der Waals surface area contributed by atoms with Gasteiger partial charge in [0.1, 0.15) is 5.75 Å². The second kappa shape index (κ2) is 8.37. The van der Waals surface area contributed by atoms with E-state index in [1.807, 2.05) is 13.0 Å². The van der Waals surface area contributed by atoms with E-state index in [0.29, 0.717) is 30.3 Å². The first-order valence-corrected chi connectivity index (χ1v) is 6.52. The largest absolute Gasteiger partial charge is 0.482 e. The zero-order valence-corrected chi connectivity index (χ0v) is 11.3. The third-order valence-corrected chi connectivity index (χ3v) is 2.98. The van der Waals surface area contributed by atoms with Crippen molar-refractivity contribution in [3.8, 4) is 5.75 Å². The Bertz CT molecular complexity index is 396. The Morgan fingerprint density at radius 2 is 2.21 bits per heavy atom. The molecule has 1 atom stereocenters. The number of rotatable bonds is 8. The van der Waals surface area contributed by atoms with Crippen LogP contribution in [0.15, 0.2) is 24.3 Å². The van der Waals surface area contributed by atoms with Crippen LogP contribution in [0, 0.1) is 5.92 Å². The molecule has 0 heterocycles. The Morgan fingerprint density at radius 3 is 2.84 bits per heavy atom. The van der Waals surface area contributed by atoms with Crippen molar-refractivity contribution in [2.75, 3.05) is 25.5 Å². The molecule has 5 nitrogen and oxygen atoms in total. The maximum atomic E-state index is 11.6. The van der Waals surface area contributed by atoms with Crippen LogP contribution in [0.3, 0.4) is 0 Å². The van der Waals surface area contributed by atoms with Crippen LogP contribution >= 0.6 is 0 Å². The number of benzene rings is 1. The molecular formula is C14H22N2O3. The Labute approximate surface area is 113 Å². The van der Waals surface area contributed by atoms with E-state index in [1.165, 1.54) is 0 Å². The minimum absolute atomic E-state index is 0.0518. The minimum Gasteiger partial charge on any atom is -0.482 e. The van der Waals surface area contributed by atoms with E-state index in [4.69, 9.17) is 15.6 Å². The number of para-hydroxylation sites is 2. The molecule has 0 spiro atoms. The van der Waals surface area contributed by atoms with E-state index in [2.05, 4.69) is 5.32 Å². The first-order valence-electron chi connectivity index (χ1n) is 6.52. The summed E-state index contributed by atoms with van der Waals surface area (Å²) < 4.78 is 5.34. The van der Waals surface area contributed by atoms with Gasteiger partial charge in [-0.2, -0.15) is 0 Å². The highest BCUT2D eigenvalue weighted by Crippen LogP contribution is 2.19. The van der Waals surface area contributed by atoms with Crippen molar-refractivity contribution in [1.29, 1.82) is 0 Å². The molecule has 0 bridgehead atoms. The maximum Gasteiger partial charge on any atom is 0.257 e. The lowest BCUT2D eigenvalue weighted by atomic mass is 10.0. The van der Waals surface area contributed by atoms with Crippen LogP contribution in [0.1, 0.15) is 19.8 Å². The van der Waals surface area contributed by atoms with E-state index in [9.17, 15) is 4.79 Å². The molecule has 0 aliphatic rings. The molecule has 1 unspecified atom stereocenters. The number of nitrogens with two attached hydrogens (primary N) is 1. The first-order chi connectivity index (χ1) is 9.17. The molecule has 0 aliphatic carbocycles. The summed E-state index contributed by atoms with van der Waals surface area (Å²) >= 11 is 0. The number of carbonyl (C=O) groups excluding carboxylic acids is 1. The average Bonchev–Trinajstić information content (AvgIpc) is 2.42. The summed E-state index contributed by atoms with van der Waals surface area (Å²) in [6, 6.07) is 7.06. The van der Waals surface area contributed by atoms with Gasteiger partial charge in [-0.1, -0.05) is 25.5 Å². The van der Waals surface area contributed by atoms with E-state index >= 15 is 0 Å². The zero-order chi connectivity index (χ0) is 14.1. The van der Waals surface area contributed by atoms with Gasteiger partial charge < -0.3 is 20.9 Å². The van der Waals surface area contributed by atoms with E-state index in [-0.39, 0.29) is 19.1 Å². The fraction of sp³-hybridized carbons (Fsp3) is 0.500. The fourth-order valence-corrected chi connectivity index (χ4v) is 1.70. The third kappa shape index (κ3) is 5.61. The maximum absolute atomic E-state index is 11.6. The molecule has 19 heavy (non-hydrogen) atoms. The molecule has 106 valence electrons. The predicted octanol–water partition coefficient (Wildman–Crippen LogP) is 1.17. The summed E-state index contributed by atoms with van der Waals surface area (Å²) in [5, 5.41) is 11.7. The lowest BCUT2D eigenvalue weighted by Gasteiger charge is -2.14. The molecule has 4 N–H and O–H groups in total. The summed E-state index contributed by atoms with van der Waals surface area (Å²) in [4.78, 5) is 11.6. The van der Waals surface area contributed by atoms with Crippen LogP contribution in [-0.4, -0.2) is 30.8 Å². The Morgan fingerprint density at radius 1 is 1.47 bits per heavy atom. The van der Waals surface area contributed by atoms with Gasteiger partial charge in [0, 0.05) is 13.2 Å². The first kappa shape index (κ1) is 15.3. The van der Waals surface area contributed by atoms with Crippen molar-refractivity contribution in [2.45, 2.75) is 19.8 Å². The zero-order valence-electron chi connectivity index (χ0n) is 11.3. The van der Waals surface area contributed by atoms with Gasteiger partial charge in [0.2, 0.25) is 0 Å². The Balaban J connectivity index is 2.30. The standard InChI is InChI=1S/C14H22N2O3/c1-2-11(7-8-17)9-16-14(18)10-19-13-6-4-3-5-12(13)15/h3-6,11,17H,2,7-10,15H2,1H3,(H,16,18). The molecule has 1 rings (SSSR count). The van der Waals surface area contributed by atoms with E-state index < -0.39 is 0 Å². The van der Waals surface area contributed by atoms with Crippen molar-refractivity contribution >= 4 is 11.6 Å². The number of hydrogen-bond acceptors (Lipinski definition) is 4. The van der Waals surface area contributed by atoms with Gasteiger partial charge in [0.05, 0.1) is 5.69 Å². The third-order valence-electron chi connectivity index (χ3n) is 2.98. The van der Waals surface area contributed by atoms with Gasteiger partial charge >= 0.3 is 0 Å². The molecule has 0 aromatic heterocycles.